The van der Waals surface area contributed by atoms with Gasteiger partial charge in [0.2, 0.25) is 0 Å². The Labute approximate surface area is 103 Å². The molecule has 0 aromatic heterocycles. The van der Waals surface area contributed by atoms with Gasteiger partial charge in [-0.1, -0.05) is 30.7 Å². The third-order valence-electron chi connectivity index (χ3n) is 3.19. The van der Waals surface area contributed by atoms with Crippen LogP contribution in [0.4, 0.5) is 0 Å². The van der Waals surface area contributed by atoms with Crippen LogP contribution < -0.4 is 5.32 Å². The van der Waals surface area contributed by atoms with Gasteiger partial charge in [0.05, 0.1) is 0 Å². The van der Waals surface area contributed by atoms with Crippen LogP contribution in [0.5, 0.6) is 0 Å². The molecule has 1 fully saturated rings. The van der Waals surface area contributed by atoms with Crippen LogP contribution in [-0.4, -0.2) is 12.6 Å². The Bertz CT molecular complexity index is 333. The number of nitrogens with one attached hydrogen (secondary N) is 1. The summed E-state index contributed by atoms with van der Waals surface area (Å²) in [5, 5.41) is 4.51. The molecule has 16 heavy (non-hydrogen) atoms. The molecule has 1 saturated carbocycles. The molecule has 0 bridgehead atoms. The summed E-state index contributed by atoms with van der Waals surface area (Å²) in [5.74, 6) is 0.894. The van der Waals surface area contributed by atoms with Crippen LogP contribution in [0.25, 0.3) is 0 Å². The van der Waals surface area contributed by atoms with Crippen molar-refractivity contribution >= 4 is 11.6 Å². The van der Waals surface area contributed by atoms with Crippen molar-refractivity contribution in [1.29, 1.82) is 0 Å². The van der Waals surface area contributed by atoms with Gasteiger partial charge in [-0.15, -0.1) is 0 Å². The number of benzene rings is 1. The van der Waals surface area contributed by atoms with E-state index in [1.54, 1.807) is 0 Å². The standard InChI is InChI=1S/C14H20ClN/c1-2-8-16-14(12-6-7-12)10-11-4-3-5-13(15)9-11/h3-5,9,12,14,16H,2,6-8,10H2,1H3. The first-order valence-electron chi connectivity index (χ1n) is 6.27. The lowest BCUT2D eigenvalue weighted by Gasteiger charge is -2.18. The SMILES string of the molecule is CCCNC(Cc1cccc(Cl)c1)C1CC1. The van der Waals surface area contributed by atoms with Crippen LogP contribution in [0.15, 0.2) is 24.3 Å². The van der Waals surface area contributed by atoms with Crippen LogP contribution in [-0.2, 0) is 6.42 Å². The van der Waals surface area contributed by atoms with E-state index in [0.717, 1.165) is 23.9 Å². The summed E-state index contributed by atoms with van der Waals surface area (Å²) in [6.07, 6.45) is 5.11. The molecule has 1 aliphatic carbocycles. The first-order valence-corrected chi connectivity index (χ1v) is 6.65. The molecule has 1 N–H and O–H groups in total. The number of hydrogen-bond donors (Lipinski definition) is 1. The van der Waals surface area contributed by atoms with Gasteiger partial charge in [0.25, 0.3) is 0 Å². The Balaban J connectivity index is 1.94. The maximum absolute atomic E-state index is 6.01. The van der Waals surface area contributed by atoms with E-state index in [4.69, 9.17) is 11.6 Å². The van der Waals surface area contributed by atoms with E-state index in [1.165, 1.54) is 24.8 Å². The summed E-state index contributed by atoms with van der Waals surface area (Å²) in [4.78, 5) is 0. The summed E-state index contributed by atoms with van der Waals surface area (Å²) in [6, 6.07) is 8.90. The van der Waals surface area contributed by atoms with Crippen LogP contribution in [0, 0.1) is 5.92 Å². The minimum atomic E-state index is 0.651. The second kappa shape index (κ2) is 5.70. The molecule has 0 saturated heterocycles. The van der Waals surface area contributed by atoms with Gasteiger partial charge in [-0.05, 0) is 55.8 Å². The summed E-state index contributed by atoms with van der Waals surface area (Å²) < 4.78 is 0. The monoisotopic (exact) mass is 237 g/mol. The number of rotatable bonds is 6. The van der Waals surface area contributed by atoms with Crippen molar-refractivity contribution < 1.29 is 0 Å². The Morgan fingerprint density at radius 1 is 1.44 bits per heavy atom. The van der Waals surface area contributed by atoms with Gasteiger partial charge in [-0.2, -0.15) is 0 Å². The zero-order valence-electron chi connectivity index (χ0n) is 9.88. The molecule has 1 aromatic rings. The van der Waals surface area contributed by atoms with Crippen molar-refractivity contribution in [3.63, 3.8) is 0 Å². The van der Waals surface area contributed by atoms with Crippen LogP contribution >= 0.6 is 11.6 Å². The molecule has 1 atom stereocenters. The molecule has 1 unspecified atom stereocenters. The second-order valence-electron chi connectivity index (χ2n) is 4.73. The van der Waals surface area contributed by atoms with E-state index in [1.807, 2.05) is 12.1 Å². The minimum Gasteiger partial charge on any atom is -0.313 e. The summed E-state index contributed by atoms with van der Waals surface area (Å²) in [7, 11) is 0. The lowest BCUT2D eigenvalue weighted by molar-refractivity contribution is 0.460. The second-order valence-corrected chi connectivity index (χ2v) is 5.17. The normalized spacial score (nSPS) is 17.4. The van der Waals surface area contributed by atoms with Crippen molar-refractivity contribution in [1.82, 2.24) is 5.32 Å². The highest BCUT2D eigenvalue weighted by molar-refractivity contribution is 6.30. The van der Waals surface area contributed by atoms with Crippen molar-refractivity contribution in [2.24, 2.45) is 5.92 Å². The van der Waals surface area contributed by atoms with Gasteiger partial charge in [0.1, 0.15) is 0 Å². The fraction of sp³-hybridized carbons (Fsp3) is 0.571. The van der Waals surface area contributed by atoms with Crippen molar-refractivity contribution in [2.75, 3.05) is 6.54 Å². The average Bonchev–Trinajstić information content (AvgIpc) is 3.08. The van der Waals surface area contributed by atoms with Crippen LogP contribution in [0.3, 0.4) is 0 Å². The Hall–Kier alpha value is -0.530. The predicted molar refractivity (Wildman–Crippen MR) is 70.0 cm³/mol. The lowest BCUT2D eigenvalue weighted by atomic mass is 10.0. The molecule has 0 radical (unpaired) electrons. The number of halogens is 1. The van der Waals surface area contributed by atoms with E-state index in [-0.39, 0.29) is 0 Å². The molecule has 1 aromatic carbocycles. The number of hydrogen-bond acceptors (Lipinski definition) is 1. The van der Waals surface area contributed by atoms with E-state index in [2.05, 4.69) is 24.4 Å². The van der Waals surface area contributed by atoms with Gasteiger partial charge < -0.3 is 5.32 Å². The zero-order valence-corrected chi connectivity index (χ0v) is 10.6. The highest BCUT2D eigenvalue weighted by Crippen LogP contribution is 2.34. The minimum absolute atomic E-state index is 0.651. The van der Waals surface area contributed by atoms with E-state index < -0.39 is 0 Å². The maximum atomic E-state index is 6.01. The molecule has 1 nitrogen and oxygen atoms in total. The van der Waals surface area contributed by atoms with E-state index in [9.17, 15) is 0 Å². The van der Waals surface area contributed by atoms with E-state index >= 15 is 0 Å². The van der Waals surface area contributed by atoms with Gasteiger partial charge >= 0.3 is 0 Å². The topological polar surface area (TPSA) is 12.0 Å². The molecule has 2 heteroatoms. The highest BCUT2D eigenvalue weighted by atomic mass is 35.5. The Kier molecular flexibility index (Phi) is 4.25. The highest BCUT2D eigenvalue weighted by Gasteiger charge is 2.30. The predicted octanol–water partition coefficient (Wildman–Crippen LogP) is 3.66. The first kappa shape index (κ1) is 11.9. The van der Waals surface area contributed by atoms with Gasteiger partial charge in [-0.25, -0.2) is 0 Å². The largest absolute Gasteiger partial charge is 0.313 e. The molecular formula is C14H20ClN. The molecule has 0 spiro atoms. The molecular weight excluding hydrogens is 218 g/mol. The Morgan fingerprint density at radius 3 is 2.88 bits per heavy atom. The van der Waals surface area contributed by atoms with Crippen LogP contribution in [0.2, 0.25) is 5.02 Å². The molecule has 1 aliphatic rings. The molecule has 2 rings (SSSR count). The van der Waals surface area contributed by atoms with Crippen molar-refractivity contribution in [3.8, 4) is 0 Å². The first-order chi connectivity index (χ1) is 7.79. The maximum Gasteiger partial charge on any atom is 0.0408 e. The lowest BCUT2D eigenvalue weighted by Crippen LogP contribution is -2.33. The fourth-order valence-electron chi connectivity index (χ4n) is 2.15. The molecule has 0 aliphatic heterocycles. The zero-order chi connectivity index (χ0) is 11.4. The third kappa shape index (κ3) is 3.50. The Morgan fingerprint density at radius 2 is 2.25 bits per heavy atom. The van der Waals surface area contributed by atoms with Crippen LogP contribution in [0.1, 0.15) is 31.7 Å². The third-order valence-corrected chi connectivity index (χ3v) is 3.43. The van der Waals surface area contributed by atoms with Crippen molar-refractivity contribution in [2.45, 2.75) is 38.6 Å². The van der Waals surface area contributed by atoms with E-state index in [0.29, 0.717) is 6.04 Å². The summed E-state index contributed by atoms with van der Waals surface area (Å²) in [5.41, 5.74) is 1.35. The summed E-state index contributed by atoms with van der Waals surface area (Å²) >= 11 is 6.01. The average molecular weight is 238 g/mol. The van der Waals surface area contributed by atoms with Gasteiger partial charge in [0.15, 0.2) is 0 Å². The smallest absolute Gasteiger partial charge is 0.0408 e. The summed E-state index contributed by atoms with van der Waals surface area (Å²) in [6.45, 7) is 3.35. The quantitative estimate of drug-likeness (QED) is 0.796. The van der Waals surface area contributed by atoms with Crippen molar-refractivity contribution in [3.05, 3.63) is 34.9 Å². The molecule has 0 heterocycles. The van der Waals surface area contributed by atoms with Gasteiger partial charge in [-0.3, -0.25) is 0 Å². The molecule has 88 valence electrons. The molecule has 0 amide bonds. The fourth-order valence-corrected chi connectivity index (χ4v) is 2.36. The van der Waals surface area contributed by atoms with Gasteiger partial charge in [0, 0.05) is 11.1 Å².